The molecule has 7 heteroatoms. The molecule has 4 nitrogen and oxygen atoms in total. The van der Waals surface area contributed by atoms with Gasteiger partial charge in [-0.1, -0.05) is 13.3 Å². The van der Waals surface area contributed by atoms with E-state index < -0.39 is 23.3 Å². The predicted molar refractivity (Wildman–Crippen MR) is 59.6 cm³/mol. The summed E-state index contributed by atoms with van der Waals surface area (Å²) in [6.45, 7) is 2.50. The van der Waals surface area contributed by atoms with Gasteiger partial charge in [0.05, 0.1) is 11.1 Å². The average molecular weight is 262 g/mol. The smallest absolute Gasteiger partial charge is 0.418 e. The van der Waals surface area contributed by atoms with Gasteiger partial charge in [-0.05, 0) is 12.5 Å². The standard InChI is InChI=1S/C11H13F3N2O2/c1-2-3-4-15-9-5-7(10(17)18)8(6-16-9)11(12,13)14/h5-6H,2-4H2,1H3,(H,15,16)(H,17,18). The molecule has 0 aliphatic heterocycles. The number of anilines is 1. The van der Waals surface area contributed by atoms with Crippen LogP contribution < -0.4 is 5.32 Å². The highest BCUT2D eigenvalue weighted by atomic mass is 19.4. The number of aromatic carboxylic acids is 1. The highest BCUT2D eigenvalue weighted by Crippen LogP contribution is 2.32. The Morgan fingerprint density at radius 2 is 2.17 bits per heavy atom. The molecule has 1 aromatic heterocycles. The molecule has 0 spiro atoms. The molecular formula is C11H13F3N2O2. The summed E-state index contributed by atoms with van der Waals surface area (Å²) in [7, 11) is 0. The zero-order chi connectivity index (χ0) is 13.8. The lowest BCUT2D eigenvalue weighted by Crippen LogP contribution is -2.15. The first-order chi connectivity index (χ1) is 8.36. The van der Waals surface area contributed by atoms with E-state index in [2.05, 4.69) is 10.3 Å². The van der Waals surface area contributed by atoms with Crippen molar-refractivity contribution in [3.05, 3.63) is 23.4 Å². The lowest BCUT2D eigenvalue weighted by atomic mass is 10.1. The summed E-state index contributed by atoms with van der Waals surface area (Å²) in [5.74, 6) is -1.49. The van der Waals surface area contributed by atoms with Gasteiger partial charge in [-0.2, -0.15) is 13.2 Å². The summed E-state index contributed by atoms with van der Waals surface area (Å²) in [5.41, 5.74) is -2.03. The zero-order valence-electron chi connectivity index (χ0n) is 9.71. The highest BCUT2D eigenvalue weighted by Gasteiger charge is 2.36. The third kappa shape index (κ3) is 3.61. The molecular weight excluding hydrogens is 249 g/mol. The van der Waals surface area contributed by atoms with Gasteiger partial charge in [-0.25, -0.2) is 9.78 Å². The van der Waals surface area contributed by atoms with Crippen LogP contribution in [0.5, 0.6) is 0 Å². The van der Waals surface area contributed by atoms with Gasteiger partial charge in [-0.15, -0.1) is 0 Å². The predicted octanol–water partition coefficient (Wildman–Crippen LogP) is 3.01. The molecule has 0 atom stereocenters. The Balaban J connectivity index is 3.01. The van der Waals surface area contributed by atoms with Crippen LogP contribution in [0.2, 0.25) is 0 Å². The summed E-state index contributed by atoms with van der Waals surface area (Å²) in [6, 6.07) is 0.904. The Morgan fingerprint density at radius 1 is 1.50 bits per heavy atom. The number of carbonyl (C=O) groups is 1. The zero-order valence-corrected chi connectivity index (χ0v) is 9.71. The first-order valence-electron chi connectivity index (χ1n) is 5.40. The molecule has 0 saturated carbocycles. The number of pyridine rings is 1. The summed E-state index contributed by atoms with van der Waals surface area (Å²) >= 11 is 0. The third-order valence-corrected chi connectivity index (χ3v) is 2.28. The van der Waals surface area contributed by atoms with E-state index in [1.165, 1.54) is 0 Å². The number of alkyl halides is 3. The molecule has 0 bridgehead atoms. The fourth-order valence-electron chi connectivity index (χ4n) is 1.35. The fourth-order valence-corrected chi connectivity index (χ4v) is 1.35. The molecule has 2 N–H and O–H groups in total. The van der Waals surface area contributed by atoms with Crippen molar-refractivity contribution in [1.82, 2.24) is 4.98 Å². The van der Waals surface area contributed by atoms with Gasteiger partial charge < -0.3 is 10.4 Å². The molecule has 0 saturated heterocycles. The Hall–Kier alpha value is -1.79. The number of halogens is 3. The van der Waals surface area contributed by atoms with Crippen molar-refractivity contribution in [2.75, 3.05) is 11.9 Å². The normalized spacial score (nSPS) is 11.3. The minimum Gasteiger partial charge on any atom is -0.478 e. The van der Waals surface area contributed by atoms with Crippen LogP contribution in [0.4, 0.5) is 19.0 Å². The van der Waals surface area contributed by atoms with Gasteiger partial charge in [0.2, 0.25) is 0 Å². The number of unbranched alkanes of at least 4 members (excludes halogenated alkanes) is 1. The fraction of sp³-hybridized carbons (Fsp3) is 0.455. The summed E-state index contributed by atoms with van der Waals surface area (Å²) in [5, 5.41) is 11.5. The van der Waals surface area contributed by atoms with E-state index in [9.17, 15) is 18.0 Å². The van der Waals surface area contributed by atoms with Crippen LogP contribution in [-0.2, 0) is 6.18 Å². The molecule has 1 heterocycles. The number of aromatic nitrogens is 1. The van der Waals surface area contributed by atoms with Crippen molar-refractivity contribution in [2.45, 2.75) is 25.9 Å². The number of carboxylic acid groups (broad SMARTS) is 1. The number of carboxylic acids is 1. The number of hydrogen-bond donors (Lipinski definition) is 2. The highest BCUT2D eigenvalue weighted by molar-refractivity contribution is 5.90. The maximum absolute atomic E-state index is 12.5. The quantitative estimate of drug-likeness (QED) is 0.801. The largest absolute Gasteiger partial charge is 0.478 e. The van der Waals surface area contributed by atoms with Crippen molar-refractivity contribution in [1.29, 1.82) is 0 Å². The molecule has 1 rings (SSSR count). The molecule has 1 aromatic rings. The number of hydrogen-bond acceptors (Lipinski definition) is 3. The lowest BCUT2D eigenvalue weighted by molar-refractivity contribution is -0.138. The second-order valence-corrected chi connectivity index (χ2v) is 3.70. The average Bonchev–Trinajstić information content (AvgIpc) is 2.27. The lowest BCUT2D eigenvalue weighted by Gasteiger charge is -2.11. The molecule has 100 valence electrons. The SMILES string of the molecule is CCCCNc1cc(C(=O)O)c(C(F)(F)F)cn1. The second kappa shape index (κ2) is 5.70. The van der Waals surface area contributed by atoms with Crippen LogP contribution in [0.25, 0.3) is 0 Å². The van der Waals surface area contributed by atoms with Crippen molar-refractivity contribution in [3.8, 4) is 0 Å². The van der Waals surface area contributed by atoms with Crippen LogP contribution in [0.15, 0.2) is 12.3 Å². The maximum atomic E-state index is 12.5. The van der Waals surface area contributed by atoms with Gasteiger partial charge in [-0.3, -0.25) is 0 Å². The van der Waals surface area contributed by atoms with Crippen LogP contribution in [0, 0.1) is 0 Å². The van der Waals surface area contributed by atoms with E-state index in [-0.39, 0.29) is 5.82 Å². The summed E-state index contributed by atoms with van der Waals surface area (Å²) < 4.78 is 37.6. The van der Waals surface area contributed by atoms with Crippen LogP contribution in [0.1, 0.15) is 35.7 Å². The van der Waals surface area contributed by atoms with Gasteiger partial charge in [0, 0.05) is 12.7 Å². The molecule has 0 aliphatic rings. The first-order valence-corrected chi connectivity index (χ1v) is 5.40. The first kappa shape index (κ1) is 14.3. The van der Waals surface area contributed by atoms with Gasteiger partial charge >= 0.3 is 12.1 Å². The van der Waals surface area contributed by atoms with Crippen LogP contribution in [-0.4, -0.2) is 22.6 Å². The number of nitrogens with zero attached hydrogens (tertiary/aromatic N) is 1. The minimum absolute atomic E-state index is 0.133. The van der Waals surface area contributed by atoms with Crippen molar-refractivity contribution in [3.63, 3.8) is 0 Å². The van der Waals surface area contributed by atoms with E-state index in [1.807, 2.05) is 6.92 Å². The van der Waals surface area contributed by atoms with E-state index in [0.717, 1.165) is 18.9 Å². The van der Waals surface area contributed by atoms with Gasteiger partial charge in [0.25, 0.3) is 0 Å². The Kier molecular flexibility index (Phi) is 4.52. The van der Waals surface area contributed by atoms with Gasteiger partial charge in [0.15, 0.2) is 0 Å². The second-order valence-electron chi connectivity index (χ2n) is 3.70. The van der Waals surface area contributed by atoms with Crippen LogP contribution >= 0.6 is 0 Å². The van der Waals surface area contributed by atoms with E-state index in [4.69, 9.17) is 5.11 Å². The summed E-state index contributed by atoms with van der Waals surface area (Å²) in [6.07, 6.45) is -2.44. The van der Waals surface area contributed by atoms with Gasteiger partial charge in [0.1, 0.15) is 5.82 Å². The number of nitrogens with one attached hydrogen (secondary N) is 1. The van der Waals surface area contributed by atoms with E-state index in [1.54, 1.807) is 0 Å². The van der Waals surface area contributed by atoms with Crippen molar-refractivity contribution < 1.29 is 23.1 Å². The molecule has 0 aliphatic carbocycles. The Morgan fingerprint density at radius 3 is 2.67 bits per heavy atom. The number of rotatable bonds is 5. The minimum atomic E-state index is -4.72. The molecule has 0 amide bonds. The molecule has 0 radical (unpaired) electrons. The molecule has 18 heavy (non-hydrogen) atoms. The monoisotopic (exact) mass is 262 g/mol. The van der Waals surface area contributed by atoms with Crippen molar-refractivity contribution >= 4 is 11.8 Å². The van der Waals surface area contributed by atoms with Crippen LogP contribution in [0.3, 0.4) is 0 Å². The topological polar surface area (TPSA) is 62.2 Å². The summed E-state index contributed by atoms with van der Waals surface area (Å²) in [4.78, 5) is 14.4. The Bertz CT molecular complexity index is 433. The van der Waals surface area contributed by atoms with Crippen molar-refractivity contribution in [2.24, 2.45) is 0 Å². The molecule has 0 fully saturated rings. The van der Waals surface area contributed by atoms with E-state index in [0.29, 0.717) is 12.7 Å². The molecule has 0 unspecified atom stereocenters. The van der Waals surface area contributed by atoms with E-state index >= 15 is 0 Å². The third-order valence-electron chi connectivity index (χ3n) is 2.28. The Labute approximate surface area is 102 Å². The maximum Gasteiger partial charge on any atom is 0.418 e. The molecule has 0 aromatic carbocycles.